The average molecular weight is 435 g/mol. The van der Waals surface area contributed by atoms with Gasteiger partial charge in [0.15, 0.2) is 0 Å². The standard InChI is InChI=1S/C25H27ClN4O/c1-16(2)29(24(31)19-11-12-23-22(14-19)27-25(26)28(23)5)15-20-13-17(3)30(18(20)4)21-9-7-6-8-10-21/h6-14,16H,15H2,1-5H3. The largest absolute Gasteiger partial charge is 0.332 e. The van der Waals surface area contributed by atoms with Crippen LogP contribution >= 0.6 is 11.6 Å². The van der Waals surface area contributed by atoms with E-state index in [9.17, 15) is 4.79 Å². The summed E-state index contributed by atoms with van der Waals surface area (Å²) in [6.45, 7) is 8.85. The maximum absolute atomic E-state index is 13.5. The Hall–Kier alpha value is -3.05. The molecule has 0 aliphatic heterocycles. The zero-order valence-corrected chi connectivity index (χ0v) is 19.3. The van der Waals surface area contributed by atoms with Crippen LogP contribution in [0, 0.1) is 13.8 Å². The maximum atomic E-state index is 13.5. The summed E-state index contributed by atoms with van der Waals surface area (Å²) >= 11 is 6.14. The molecule has 0 fully saturated rings. The molecule has 2 aromatic carbocycles. The molecule has 0 aliphatic carbocycles. The third kappa shape index (κ3) is 3.86. The lowest BCUT2D eigenvalue weighted by molar-refractivity contribution is 0.0690. The van der Waals surface area contributed by atoms with E-state index in [1.165, 1.54) is 0 Å². The first kappa shape index (κ1) is 21.2. The number of halogens is 1. The van der Waals surface area contributed by atoms with E-state index < -0.39 is 0 Å². The number of nitrogens with zero attached hydrogens (tertiary/aromatic N) is 4. The van der Waals surface area contributed by atoms with Crippen molar-refractivity contribution in [2.75, 3.05) is 0 Å². The highest BCUT2D eigenvalue weighted by molar-refractivity contribution is 6.29. The van der Waals surface area contributed by atoms with Crippen LogP contribution in [0.15, 0.2) is 54.6 Å². The van der Waals surface area contributed by atoms with Crippen LogP contribution < -0.4 is 0 Å². The maximum Gasteiger partial charge on any atom is 0.254 e. The Morgan fingerprint density at radius 1 is 1.10 bits per heavy atom. The smallest absolute Gasteiger partial charge is 0.254 e. The second-order valence-electron chi connectivity index (χ2n) is 8.24. The summed E-state index contributed by atoms with van der Waals surface area (Å²) in [7, 11) is 1.86. The molecule has 0 saturated heterocycles. The Kier molecular flexibility index (Phi) is 5.63. The van der Waals surface area contributed by atoms with Gasteiger partial charge in [-0.15, -0.1) is 0 Å². The Morgan fingerprint density at radius 3 is 2.48 bits per heavy atom. The Morgan fingerprint density at radius 2 is 1.81 bits per heavy atom. The van der Waals surface area contributed by atoms with E-state index in [0.717, 1.165) is 33.7 Å². The van der Waals surface area contributed by atoms with Crippen LogP contribution in [0.3, 0.4) is 0 Å². The molecule has 0 radical (unpaired) electrons. The number of rotatable bonds is 5. The molecule has 0 bridgehead atoms. The minimum Gasteiger partial charge on any atom is -0.332 e. The van der Waals surface area contributed by atoms with E-state index in [-0.39, 0.29) is 11.9 Å². The van der Waals surface area contributed by atoms with Gasteiger partial charge in [0, 0.05) is 42.3 Å². The summed E-state index contributed by atoms with van der Waals surface area (Å²) < 4.78 is 4.05. The molecule has 31 heavy (non-hydrogen) atoms. The molecule has 1 amide bonds. The highest BCUT2D eigenvalue weighted by Crippen LogP contribution is 2.25. The summed E-state index contributed by atoms with van der Waals surface area (Å²) in [5.41, 5.74) is 6.82. The van der Waals surface area contributed by atoms with Crippen LogP contribution in [0.4, 0.5) is 0 Å². The summed E-state index contributed by atoms with van der Waals surface area (Å²) in [5, 5.41) is 0.411. The van der Waals surface area contributed by atoms with Crippen LogP contribution in [-0.2, 0) is 13.6 Å². The Balaban J connectivity index is 1.67. The van der Waals surface area contributed by atoms with Crippen molar-refractivity contribution in [2.45, 2.75) is 40.3 Å². The van der Waals surface area contributed by atoms with E-state index in [4.69, 9.17) is 11.6 Å². The highest BCUT2D eigenvalue weighted by Gasteiger charge is 2.22. The van der Waals surface area contributed by atoms with Crippen molar-refractivity contribution in [3.63, 3.8) is 0 Å². The third-order valence-corrected chi connectivity index (χ3v) is 6.19. The van der Waals surface area contributed by atoms with Crippen LogP contribution in [0.1, 0.15) is 41.2 Å². The quantitative estimate of drug-likeness (QED) is 0.405. The molecule has 0 aliphatic rings. The normalized spacial score (nSPS) is 11.5. The van der Waals surface area contributed by atoms with Crippen LogP contribution in [0.2, 0.25) is 5.28 Å². The van der Waals surface area contributed by atoms with Gasteiger partial charge in [0.1, 0.15) is 0 Å². The van der Waals surface area contributed by atoms with Crippen LogP contribution in [0.25, 0.3) is 16.7 Å². The molecule has 160 valence electrons. The van der Waals surface area contributed by atoms with Crippen molar-refractivity contribution >= 4 is 28.5 Å². The minimum absolute atomic E-state index is 0.0109. The molecular formula is C25H27ClN4O. The zero-order chi connectivity index (χ0) is 22.3. The van der Waals surface area contributed by atoms with Gasteiger partial charge in [0.05, 0.1) is 11.0 Å². The molecule has 0 N–H and O–H groups in total. The number of hydrogen-bond acceptors (Lipinski definition) is 2. The number of aromatic nitrogens is 3. The van der Waals surface area contributed by atoms with Crippen molar-refractivity contribution < 1.29 is 4.79 Å². The molecule has 5 nitrogen and oxygen atoms in total. The summed E-state index contributed by atoms with van der Waals surface area (Å²) in [4.78, 5) is 19.7. The number of aryl methyl sites for hydroxylation is 2. The van der Waals surface area contributed by atoms with Gasteiger partial charge in [-0.25, -0.2) is 4.98 Å². The van der Waals surface area contributed by atoms with Gasteiger partial charge in [0.25, 0.3) is 5.91 Å². The second kappa shape index (κ2) is 8.23. The van der Waals surface area contributed by atoms with Crippen molar-refractivity contribution in [2.24, 2.45) is 7.05 Å². The van der Waals surface area contributed by atoms with Crippen molar-refractivity contribution in [3.05, 3.63) is 82.4 Å². The first-order valence-corrected chi connectivity index (χ1v) is 10.8. The molecule has 4 rings (SSSR count). The number of benzene rings is 2. The number of para-hydroxylation sites is 1. The molecule has 2 heterocycles. The van der Waals surface area contributed by atoms with E-state index in [1.54, 1.807) is 0 Å². The lowest BCUT2D eigenvalue weighted by Gasteiger charge is -2.27. The van der Waals surface area contributed by atoms with Gasteiger partial charge in [0.2, 0.25) is 5.28 Å². The van der Waals surface area contributed by atoms with Gasteiger partial charge in [-0.05, 0) is 81.3 Å². The van der Waals surface area contributed by atoms with E-state index in [2.05, 4.69) is 41.6 Å². The van der Waals surface area contributed by atoms with Gasteiger partial charge < -0.3 is 14.0 Å². The number of imidazole rings is 1. The third-order valence-electron chi connectivity index (χ3n) is 5.85. The topological polar surface area (TPSA) is 43.1 Å². The SMILES string of the molecule is Cc1cc(CN(C(=O)c2ccc3c(c2)nc(Cl)n3C)C(C)C)c(C)n1-c1ccccc1. The number of fused-ring (bicyclic) bond motifs is 1. The van der Waals surface area contributed by atoms with E-state index in [0.29, 0.717) is 17.4 Å². The van der Waals surface area contributed by atoms with Crippen molar-refractivity contribution in [1.82, 2.24) is 19.0 Å². The fraction of sp³-hybridized carbons (Fsp3) is 0.280. The number of amides is 1. The van der Waals surface area contributed by atoms with Crippen LogP contribution in [0.5, 0.6) is 0 Å². The fourth-order valence-electron chi connectivity index (χ4n) is 4.11. The first-order valence-electron chi connectivity index (χ1n) is 10.4. The molecule has 2 aromatic heterocycles. The van der Waals surface area contributed by atoms with Crippen LogP contribution in [-0.4, -0.2) is 31.0 Å². The molecule has 0 spiro atoms. The van der Waals surface area contributed by atoms with Crippen molar-refractivity contribution in [1.29, 1.82) is 0 Å². The van der Waals surface area contributed by atoms with Gasteiger partial charge in [-0.2, -0.15) is 0 Å². The predicted octanol–water partition coefficient (Wildman–Crippen LogP) is 5.69. The molecule has 4 aromatic rings. The highest BCUT2D eigenvalue weighted by atomic mass is 35.5. The van der Waals surface area contributed by atoms with Crippen molar-refractivity contribution in [3.8, 4) is 5.69 Å². The lowest BCUT2D eigenvalue weighted by Crippen LogP contribution is -2.36. The molecule has 6 heteroatoms. The molecule has 0 atom stereocenters. The summed E-state index contributed by atoms with van der Waals surface area (Å²) in [6.07, 6.45) is 0. The summed E-state index contributed by atoms with van der Waals surface area (Å²) in [5.74, 6) is -0.0109. The van der Waals surface area contributed by atoms with E-state index in [1.807, 2.05) is 66.8 Å². The molecule has 0 saturated carbocycles. The predicted molar refractivity (Wildman–Crippen MR) is 126 cm³/mol. The second-order valence-corrected chi connectivity index (χ2v) is 8.58. The zero-order valence-electron chi connectivity index (χ0n) is 18.6. The number of hydrogen-bond donors (Lipinski definition) is 0. The van der Waals surface area contributed by atoms with Gasteiger partial charge in [-0.1, -0.05) is 18.2 Å². The molecular weight excluding hydrogens is 408 g/mol. The average Bonchev–Trinajstić information content (AvgIpc) is 3.20. The summed E-state index contributed by atoms with van der Waals surface area (Å²) in [6, 6.07) is 18.1. The number of carbonyl (C=O) groups excluding carboxylic acids is 1. The van der Waals surface area contributed by atoms with Gasteiger partial charge >= 0.3 is 0 Å². The Bertz CT molecular complexity index is 1250. The minimum atomic E-state index is -0.0109. The Labute approximate surface area is 187 Å². The van der Waals surface area contributed by atoms with Gasteiger partial charge in [-0.3, -0.25) is 4.79 Å². The fourth-order valence-corrected chi connectivity index (χ4v) is 4.29. The monoisotopic (exact) mass is 434 g/mol. The van der Waals surface area contributed by atoms with E-state index >= 15 is 0 Å². The molecule has 0 unspecified atom stereocenters. The lowest BCUT2D eigenvalue weighted by atomic mass is 10.1. The number of carbonyl (C=O) groups is 1. The first-order chi connectivity index (χ1) is 14.8.